The van der Waals surface area contributed by atoms with E-state index in [0.29, 0.717) is 5.54 Å². The first kappa shape index (κ1) is 15.9. The van der Waals surface area contributed by atoms with E-state index < -0.39 is 8.80 Å². The SMILES string of the molecule is C[C@@H](c1ccc2c(ccn2C)c1)[SiH](c1ccccc1)c1ccccc1. The van der Waals surface area contributed by atoms with Crippen molar-refractivity contribution in [2.45, 2.75) is 12.5 Å². The van der Waals surface area contributed by atoms with Crippen LogP contribution in [0.1, 0.15) is 18.0 Å². The quantitative estimate of drug-likeness (QED) is 0.497. The van der Waals surface area contributed by atoms with Crippen LogP contribution in [0.15, 0.2) is 91.1 Å². The Kier molecular flexibility index (Phi) is 4.29. The Morgan fingerprint density at radius 1 is 0.760 bits per heavy atom. The van der Waals surface area contributed by atoms with E-state index >= 15 is 0 Å². The fourth-order valence-corrected chi connectivity index (χ4v) is 7.27. The van der Waals surface area contributed by atoms with Crippen molar-refractivity contribution in [3.63, 3.8) is 0 Å². The van der Waals surface area contributed by atoms with Gasteiger partial charge in [-0.1, -0.05) is 84.0 Å². The van der Waals surface area contributed by atoms with E-state index in [9.17, 15) is 0 Å². The smallest absolute Gasteiger partial charge is 0.110 e. The number of aromatic nitrogens is 1. The first-order valence-electron chi connectivity index (χ1n) is 8.89. The highest BCUT2D eigenvalue weighted by Gasteiger charge is 2.24. The fourth-order valence-electron chi connectivity index (χ4n) is 3.87. The molecule has 0 aliphatic rings. The van der Waals surface area contributed by atoms with Crippen molar-refractivity contribution >= 4 is 30.1 Å². The van der Waals surface area contributed by atoms with Crippen LogP contribution in [-0.2, 0) is 7.05 Å². The molecule has 1 aromatic heterocycles. The average molecular weight is 342 g/mol. The Balaban J connectivity index is 1.80. The second kappa shape index (κ2) is 6.73. The molecule has 1 nitrogen and oxygen atoms in total. The van der Waals surface area contributed by atoms with Gasteiger partial charge in [0.1, 0.15) is 8.80 Å². The molecule has 0 bridgehead atoms. The van der Waals surface area contributed by atoms with E-state index in [1.54, 1.807) is 0 Å². The third-order valence-corrected chi connectivity index (χ3v) is 8.84. The molecule has 0 aliphatic carbocycles. The summed E-state index contributed by atoms with van der Waals surface area (Å²) < 4.78 is 2.19. The maximum absolute atomic E-state index is 2.40. The number of hydrogen-bond donors (Lipinski definition) is 0. The Hall–Kier alpha value is -2.58. The minimum Gasteiger partial charge on any atom is -0.351 e. The molecular weight excluding hydrogens is 318 g/mol. The molecule has 25 heavy (non-hydrogen) atoms. The first-order valence-corrected chi connectivity index (χ1v) is 10.7. The van der Waals surface area contributed by atoms with Crippen molar-refractivity contribution in [2.75, 3.05) is 0 Å². The third-order valence-electron chi connectivity index (χ3n) is 5.25. The minimum absolute atomic E-state index is 0.536. The van der Waals surface area contributed by atoms with Crippen LogP contribution in [0, 0.1) is 0 Å². The summed E-state index contributed by atoms with van der Waals surface area (Å²) in [5, 5.41) is 4.35. The second-order valence-electron chi connectivity index (χ2n) is 6.83. The molecule has 0 fully saturated rings. The van der Waals surface area contributed by atoms with Crippen LogP contribution < -0.4 is 10.4 Å². The molecule has 3 aromatic carbocycles. The average Bonchev–Trinajstić information content (AvgIpc) is 3.04. The number of rotatable bonds is 4. The lowest BCUT2D eigenvalue weighted by molar-refractivity contribution is 0.968. The predicted molar refractivity (Wildman–Crippen MR) is 111 cm³/mol. The summed E-state index contributed by atoms with van der Waals surface area (Å²) in [6.45, 7) is 2.40. The zero-order valence-corrected chi connectivity index (χ0v) is 15.9. The molecule has 0 amide bonds. The van der Waals surface area contributed by atoms with Gasteiger partial charge in [-0.2, -0.15) is 0 Å². The van der Waals surface area contributed by atoms with E-state index in [-0.39, 0.29) is 0 Å². The fraction of sp³-hybridized carbons (Fsp3) is 0.130. The van der Waals surface area contributed by atoms with E-state index in [4.69, 9.17) is 0 Å². The highest BCUT2D eigenvalue weighted by atomic mass is 28.3. The molecule has 0 saturated carbocycles. The van der Waals surface area contributed by atoms with E-state index in [1.807, 2.05) is 0 Å². The molecule has 1 heterocycles. The second-order valence-corrected chi connectivity index (χ2v) is 10.1. The van der Waals surface area contributed by atoms with Crippen molar-refractivity contribution < 1.29 is 0 Å². The zero-order valence-electron chi connectivity index (χ0n) is 14.8. The van der Waals surface area contributed by atoms with Gasteiger partial charge in [-0.3, -0.25) is 0 Å². The molecule has 2 heteroatoms. The van der Waals surface area contributed by atoms with Gasteiger partial charge in [0.05, 0.1) is 0 Å². The molecular formula is C23H23NSi. The lowest BCUT2D eigenvalue weighted by Crippen LogP contribution is -2.46. The summed E-state index contributed by atoms with van der Waals surface area (Å²) in [4.78, 5) is 0. The van der Waals surface area contributed by atoms with Crippen molar-refractivity contribution in [3.8, 4) is 0 Å². The first-order chi connectivity index (χ1) is 12.2. The molecule has 124 valence electrons. The van der Waals surface area contributed by atoms with Gasteiger partial charge in [0.25, 0.3) is 0 Å². The summed E-state index contributed by atoms with van der Waals surface area (Å²) in [5.74, 6) is 0. The molecule has 0 saturated heterocycles. The number of benzene rings is 3. The van der Waals surface area contributed by atoms with Gasteiger partial charge < -0.3 is 4.57 Å². The molecule has 0 unspecified atom stereocenters. The maximum Gasteiger partial charge on any atom is 0.110 e. The minimum atomic E-state index is -1.35. The summed E-state index contributed by atoms with van der Waals surface area (Å²) in [6, 6.07) is 31.3. The van der Waals surface area contributed by atoms with Crippen LogP contribution in [0.2, 0.25) is 0 Å². The Bertz CT molecular complexity index is 933. The van der Waals surface area contributed by atoms with Gasteiger partial charge in [-0.05, 0) is 34.7 Å². The Morgan fingerprint density at radius 2 is 1.36 bits per heavy atom. The summed E-state index contributed by atoms with van der Waals surface area (Å²) in [5.41, 5.74) is 3.28. The van der Waals surface area contributed by atoms with Gasteiger partial charge in [-0.25, -0.2) is 0 Å². The summed E-state index contributed by atoms with van der Waals surface area (Å²) in [7, 11) is 0.757. The van der Waals surface area contributed by atoms with Crippen molar-refractivity contribution in [2.24, 2.45) is 7.05 Å². The number of hydrogen-bond acceptors (Lipinski definition) is 0. The monoisotopic (exact) mass is 341 g/mol. The van der Waals surface area contributed by atoms with Crippen LogP contribution >= 0.6 is 0 Å². The summed E-state index contributed by atoms with van der Waals surface area (Å²) in [6.07, 6.45) is 2.14. The van der Waals surface area contributed by atoms with Gasteiger partial charge >= 0.3 is 0 Å². The summed E-state index contributed by atoms with van der Waals surface area (Å²) >= 11 is 0. The predicted octanol–water partition coefficient (Wildman–Crippen LogP) is 3.86. The molecule has 0 spiro atoms. The molecule has 4 rings (SSSR count). The standard InChI is InChI=1S/C23H23NSi/c1-18(19-13-14-23-20(17-19)15-16-24(23)2)25(21-9-5-3-6-10-21)22-11-7-4-8-12-22/h3-18,25H,1-2H3/t18-/m0/s1. The molecule has 1 atom stereocenters. The van der Waals surface area contributed by atoms with Crippen LogP contribution in [0.4, 0.5) is 0 Å². The van der Waals surface area contributed by atoms with Crippen molar-refractivity contribution in [1.82, 2.24) is 4.57 Å². The molecule has 4 aromatic rings. The van der Waals surface area contributed by atoms with Crippen LogP contribution in [0.5, 0.6) is 0 Å². The highest BCUT2D eigenvalue weighted by Crippen LogP contribution is 2.24. The largest absolute Gasteiger partial charge is 0.351 e. The van der Waals surface area contributed by atoms with Crippen LogP contribution in [0.3, 0.4) is 0 Å². The van der Waals surface area contributed by atoms with Gasteiger partial charge in [0.15, 0.2) is 0 Å². The Labute approximate surface area is 151 Å². The lowest BCUT2D eigenvalue weighted by Gasteiger charge is -2.24. The zero-order chi connectivity index (χ0) is 17.2. The number of fused-ring (bicyclic) bond motifs is 1. The normalized spacial score (nSPS) is 12.6. The van der Waals surface area contributed by atoms with E-state index in [1.165, 1.54) is 26.8 Å². The molecule has 0 aliphatic heterocycles. The van der Waals surface area contributed by atoms with Crippen molar-refractivity contribution in [3.05, 3.63) is 96.7 Å². The topological polar surface area (TPSA) is 4.93 Å². The maximum atomic E-state index is 2.40. The lowest BCUT2D eigenvalue weighted by atomic mass is 10.1. The third kappa shape index (κ3) is 3.05. The van der Waals surface area contributed by atoms with Gasteiger partial charge in [0.2, 0.25) is 0 Å². The molecule has 0 N–H and O–H groups in total. The van der Waals surface area contributed by atoms with Gasteiger partial charge in [-0.15, -0.1) is 0 Å². The highest BCUT2D eigenvalue weighted by molar-refractivity contribution is 6.86. The van der Waals surface area contributed by atoms with Crippen molar-refractivity contribution in [1.29, 1.82) is 0 Å². The molecule has 0 radical (unpaired) electrons. The van der Waals surface area contributed by atoms with Crippen LogP contribution in [-0.4, -0.2) is 13.4 Å². The van der Waals surface area contributed by atoms with Crippen LogP contribution in [0.25, 0.3) is 10.9 Å². The van der Waals surface area contributed by atoms with E-state index in [0.717, 1.165) is 0 Å². The Morgan fingerprint density at radius 3 is 1.96 bits per heavy atom. The van der Waals surface area contributed by atoms with E-state index in [2.05, 4.69) is 110 Å². The van der Waals surface area contributed by atoms with Gasteiger partial charge in [0, 0.05) is 18.8 Å². The number of nitrogens with zero attached hydrogens (tertiary/aromatic N) is 1. The number of aryl methyl sites for hydroxylation is 1.